The first kappa shape index (κ1) is 16.1. The lowest BCUT2D eigenvalue weighted by molar-refractivity contribution is 0.250. The Hall–Kier alpha value is -2.73. The number of aryl methyl sites for hydroxylation is 1. The standard InChI is InChI=1S/C18H16FN3OS/c1-12-6-5-9-14(19)15(12)21-18(23)22-16(17-20-10-11-24-17)13-7-3-2-4-8-13/h2-11,16H,1H3,(H2,21,22,23)/t16-/m0/s1. The SMILES string of the molecule is Cc1cccc(F)c1NC(=O)N[C@@H](c1ccccc1)c1nccs1. The Morgan fingerprint density at radius 1 is 1.17 bits per heavy atom. The average molecular weight is 341 g/mol. The molecule has 0 radical (unpaired) electrons. The molecule has 6 heteroatoms. The molecule has 3 aromatic rings. The van der Waals surface area contributed by atoms with E-state index in [4.69, 9.17) is 0 Å². The second-order valence-electron chi connectivity index (χ2n) is 5.24. The molecule has 24 heavy (non-hydrogen) atoms. The molecule has 0 aliphatic heterocycles. The van der Waals surface area contributed by atoms with E-state index in [1.165, 1.54) is 17.4 Å². The molecule has 0 saturated heterocycles. The molecule has 0 fully saturated rings. The molecule has 3 rings (SSSR count). The zero-order valence-corrected chi connectivity index (χ0v) is 13.8. The molecular formula is C18H16FN3OS. The lowest BCUT2D eigenvalue weighted by Gasteiger charge is -2.18. The first-order chi connectivity index (χ1) is 11.6. The number of nitrogens with zero attached hydrogens (tertiary/aromatic N) is 1. The summed E-state index contributed by atoms with van der Waals surface area (Å²) in [6, 6.07) is 13.3. The van der Waals surface area contributed by atoms with Gasteiger partial charge in [0, 0.05) is 11.6 Å². The van der Waals surface area contributed by atoms with Crippen LogP contribution in [0.2, 0.25) is 0 Å². The van der Waals surface area contributed by atoms with E-state index in [9.17, 15) is 9.18 Å². The monoisotopic (exact) mass is 341 g/mol. The van der Waals surface area contributed by atoms with Gasteiger partial charge < -0.3 is 10.6 Å². The van der Waals surface area contributed by atoms with Crippen LogP contribution in [0.1, 0.15) is 22.2 Å². The number of carbonyl (C=O) groups excluding carboxylic acids is 1. The minimum atomic E-state index is -0.479. The van der Waals surface area contributed by atoms with Gasteiger partial charge in [0.05, 0.1) is 5.69 Å². The molecule has 0 spiro atoms. The van der Waals surface area contributed by atoms with Gasteiger partial charge in [-0.2, -0.15) is 0 Å². The second kappa shape index (κ2) is 7.23. The molecular weight excluding hydrogens is 325 g/mol. The summed E-state index contributed by atoms with van der Waals surface area (Å²) in [5.74, 6) is -0.462. The van der Waals surface area contributed by atoms with Crippen LogP contribution in [-0.2, 0) is 0 Å². The Bertz CT molecular complexity index is 801. The predicted molar refractivity (Wildman–Crippen MR) is 93.7 cm³/mol. The zero-order valence-electron chi connectivity index (χ0n) is 13.0. The quantitative estimate of drug-likeness (QED) is 0.734. The summed E-state index contributed by atoms with van der Waals surface area (Å²) in [5, 5.41) is 8.08. The summed E-state index contributed by atoms with van der Waals surface area (Å²) < 4.78 is 13.9. The molecule has 0 saturated carbocycles. The van der Waals surface area contributed by atoms with Gasteiger partial charge in [0.2, 0.25) is 0 Å². The topological polar surface area (TPSA) is 54.0 Å². The lowest BCUT2D eigenvalue weighted by Crippen LogP contribution is -2.33. The highest BCUT2D eigenvalue weighted by Gasteiger charge is 2.20. The molecule has 1 aromatic heterocycles. The maximum Gasteiger partial charge on any atom is 0.320 e. The highest BCUT2D eigenvalue weighted by Crippen LogP contribution is 2.24. The second-order valence-corrected chi connectivity index (χ2v) is 6.17. The number of halogens is 1. The van der Waals surface area contributed by atoms with Crippen molar-refractivity contribution in [3.63, 3.8) is 0 Å². The normalized spacial score (nSPS) is 11.8. The summed E-state index contributed by atoms with van der Waals surface area (Å²) in [6.07, 6.45) is 1.69. The largest absolute Gasteiger partial charge is 0.324 e. The first-order valence-electron chi connectivity index (χ1n) is 7.42. The van der Waals surface area contributed by atoms with Gasteiger partial charge in [-0.1, -0.05) is 42.5 Å². The molecule has 1 heterocycles. The lowest BCUT2D eigenvalue weighted by atomic mass is 10.1. The van der Waals surface area contributed by atoms with E-state index >= 15 is 0 Å². The van der Waals surface area contributed by atoms with Crippen molar-refractivity contribution < 1.29 is 9.18 Å². The Morgan fingerprint density at radius 3 is 2.62 bits per heavy atom. The molecule has 2 aromatic carbocycles. The van der Waals surface area contributed by atoms with Crippen molar-refractivity contribution in [3.05, 3.63) is 82.1 Å². The molecule has 122 valence electrons. The van der Waals surface area contributed by atoms with E-state index in [0.717, 1.165) is 10.6 Å². The van der Waals surface area contributed by atoms with E-state index in [-0.39, 0.29) is 5.69 Å². The Morgan fingerprint density at radius 2 is 1.96 bits per heavy atom. The Balaban J connectivity index is 1.82. The van der Waals surface area contributed by atoms with Crippen LogP contribution in [0.15, 0.2) is 60.1 Å². The van der Waals surface area contributed by atoms with Crippen molar-refractivity contribution in [1.29, 1.82) is 0 Å². The number of anilines is 1. The van der Waals surface area contributed by atoms with Gasteiger partial charge in [0.15, 0.2) is 0 Å². The van der Waals surface area contributed by atoms with Gasteiger partial charge in [-0.15, -0.1) is 11.3 Å². The van der Waals surface area contributed by atoms with Crippen molar-refractivity contribution >= 4 is 23.1 Å². The van der Waals surface area contributed by atoms with Gasteiger partial charge in [-0.05, 0) is 24.1 Å². The number of benzene rings is 2. The number of amides is 2. The number of aromatic nitrogens is 1. The number of para-hydroxylation sites is 1. The summed E-state index contributed by atoms with van der Waals surface area (Å²) in [5.41, 5.74) is 1.75. The van der Waals surface area contributed by atoms with Crippen LogP contribution in [0, 0.1) is 12.7 Å². The summed E-state index contributed by atoms with van der Waals surface area (Å²) in [7, 11) is 0. The van der Waals surface area contributed by atoms with E-state index in [2.05, 4.69) is 15.6 Å². The van der Waals surface area contributed by atoms with Crippen molar-refractivity contribution in [3.8, 4) is 0 Å². The molecule has 4 nitrogen and oxygen atoms in total. The zero-order chi connectivity index (χ0) is 16.9. The van der Waals surface area contributed by atoms with Crippen LogP contribution in [0.25, 0.3) is 0 Å². The number of carbonyl (C=O) groups is 1. The fourth-order valence-corrected chi connectivity index (χ4v) is 3.10. The number of thiazole rings is 1. The molecule has 1 atom stereocenters. The third kappa shape index (κ3) is 3.60. The molecule has 0 aliphatic rings. The molecule has 2 N–H and O–H groups in total. The van der Waals surface area contributed by atoms with Crippen LogP contribution in [0.5, 0.6) is 0 Å². The van der Waals surface area contributed by atoms with Crippen molar-refractivity contribution in [2.45, 2.75) is 13.0 Å². The minimum absolute atomic E-state index is 0.181. The van der Waals surface area contributed by atoms with Gasteiger partial charge in [-0.25, -0.2) is 14.2 Å². The van der Waals surface area contributed by atoms with Crippen LogP contribution >= 0.6 is 11.3 Å². The fourth-order valence-electron chi connectivity index (χ4n) is 2.38. The maximum atomic E-state index is 13.9. The van der Waals surface area contributed by atoms with Crippen LogP contribution in [-0.4, -0.2) is 11.0 Å². The summed E-state index contributed by atoms with van der Waals surface area (Å²) >= 11 is 1.45. The smallest absolute Gasteiger partial charge is 0.320 e. The van der Waals surface area contributed by atoms with E-state index in [1.807, 2.05) is 35.7 Å². The van der Waals surface area contributed by atoms with E-state index in [0.29, 0.717) is 5.56 Å². The van der Waals surface area contributed by atoms with E-state index in [1.54, 1.807) is 25.3 Å². The molecule has 2 amide bonds. The third-order valence-corrected chi connectivity index (χ3v) is 4.41. The average Bonchev–Trinajstić information content (AvgIpc) is 3.11. The van der Waals surface area contributed by atoms with Crippen LogP contribution < -0.4 is 10.6 Å². The first-order valence-corrected chi connectivity index (χ1v) is 8.30. The maximum absolute atomic E-state index is 13.9. The molecule has 0 bridgehead atoms. The number of nitrogens with one attached hydrogen (secondary N) is 2. The fraction of sp³-hybridized carbons (Fsp3) is 0.111. The van der Waals surface area contributed by atoms with Gasteiger partial charge in [0.25, 0.3) is 0 Å². The van der Waals surface area contributed by atoms with Crippen LogP contribution in [0.3, 0.4) is 0 Å². The van der Waals surface area contributed by atoms with Crippen molar-refractivity contribution in [2.24, 2.45) is 0 Å². The predicted octanol–water partition coefficient (Wildman–Crippen LogP) is 4.50. The van der Waals surface area contributed by atoms with E-state index < -0.39 is 17.9 Å². The third-order valence-electron chi connectivity index (χ3n) is 3.57. The number of hydrogen-bond donors (Lipinski definition) is 2. The highest BCUT2D eigenvalue weighted by molar-refractivity contribution is 7.09. The van der Waals surface area contributed by atoms with Crippen LogP contribution in [0.4, 0.5) is 14.9 Å². The van der Waals surface area contributed by atoms with Gasteiger partial charge >= 0.3 is 6.03 Å². The molecule has 0 unspecified atom stereocenters. The number of hydrogen-bond acceptors (Lipinski definition) is 3. The summed E-state index contributed by atoms with van der Waals surface area (Å²) in [4.78, 5) is 16.7. The number of rotatable bonds is 4. The Labute approximate surface area is 143 Å². The highest BCUT2D eigenvalue weighted by atomic mass is 32.1. The minimum Gasteiger partial charge on any atom is -0.324 e. The Kier molecular flexibility index (Phi) is 4.86. The molecule has 0 aliphatic carbocycles. The van der Waals surface area contributed by atoms with Gasteiger partial charge in [-0.3, -0.25) is 0 Å². The van der Waals surface area contributed by atoms with Crippen molar-refractivity contribution in [1.82, 2.24) is 10.3 Å². The van der Waals surface area contributed by atoms with Crippen molar-refractivity contribution in [2.75, 3.05) is 5.32 Å². The van der Waals surface area contributed by atoms with Gasteiger partial charge in [0.1, 0.15) is 16.9 Å². The summed E-state index contributed by atoms with van der Waals surface area (Å²) in [6.45, 7) is 1.74. The number of urea groups is 1.